The lowest BCUT2D eigenvalue weighted by atomic mass is 9.86. The van der Waals surface area contributed by atoms with Gasteiger partial charge >= 0.3 is 0 Å². The van der Waals surface area contributed by atoms with E-state index in [2.05, 4.69) is 288 Å². The molecule has 0 radical (unpaired) electrons. The van der Waals surface area contributed by atoms with Crippen molar-refractivity contribution in [3.05, 3.63) is 209 Å². The van der Waals surface area contributed by atoms with E-state index >= 15 is 0 Å². The molecule has 4 nitrogen and oxygen atoms in total. The Morgan fingerprint density at radius 3 is 0.932 bits per heavy atom. The molecule has 0 bridgehead atoms. The summed E-state index contributed by atoms with van der Waals surface area (Å²) in [5.41, 5.74) is 16.6. The number of nitrogens with zero attached hydrogens (tertiary/aromatic N) is 3. The average molecular weight is 985 g/mol. The average Bonchev–Trinajstić information content (AvgIpc) is 3.71. The first-order valence-corrected chi connectivity index (χ1v) is 26.3. The van der Waals surface area contributed by atoms with E-state index in [1.807, 2.05) is 6.07 Å². The third kappa shape index (κ3) is 10.4. The highest BCUT2D eigenvalue weighted by atomic mass is 35.5. The highest BCUT2D eigenvalue weighted by Crippen LogP contribution is 2.51. The van der Waals surface area contributed by atoms with Crippen LogP contribution in [0.2, 0.25) is 5.02 Å². The maximum Gasteiger partial charge on any atom is 0.159 e. The first-order chi connectivity index (χ1) is 34.3. The fourth-order valence-electron chi connectivity index (χ4n) is 9.78. The molecule has 0 spiro atoms. The zero-order valence-corrected chi connectivity index (χ0v) is 46.6. The fraction of sp³-hybridized carbons (Fsp3) is 0.294. The molecule has 0 unspecified atom stereocenters. The zero-order chi connectivity index (χ0) is 52.4. The number of rotatable bonds is 9. The van der Waals surface area contributed by atoms with Crippen LogP contribution in [0, 0.1) is 0 Å². The molecule has 0 amide bonds. The Morgan fingerprint density at radius 1 is 0.301 bits per heavy atom. The van der Waals surface area contributed by atoms with Gasteiger partial charge in [0, 0.05) is 44.9 Å². The number of benzene rings is 8. The topological polar surface area (TPSA) is 22.9 Å². The van der Waals surface area contributed by atoms with E-state index in [4.69, 9.17) is 16.0 Å². The molecule has 0 saturated heterocycles. The van der Waals surface area contributed by atoms with Gasteiger partial charge in [-0.05, 0) is 146 Å². The van der Waals surface area contributed by atoms with Crippen LogP contribution in [0.25, 0.3) is 21.9 Å². The smallest absolute Gasteiger partial charge is 0.159 e. The Labute approximate surface area is 441 Å². The number of halogens is 1. The highest BCUT2D eigenvalue weighted by molar-refractivity contribution is 6.36. The lowest BCUT2D eigenvalue weighted by Crippen LogP contribution is -2.17. The summed E-state index contributed by atoms with van der Waals surface area (Å²) in [6.45, 7) is 33.9. The molecule has 73 heavy (non-hydrogen) atoms. The van der Waals surface area contributed by atoms with Gasteiger partial charge < -0.3 is 19.1 Å². The molecule has 0 aliphatic carbocycles. The van der Waals surface area contributed by atoms with Gasteiger partial charge in [-0.25, -0.2) is 0 Å². The van der Waals surface area contributed by atoms with Crippen LogP contribution in [0.1, 0.15) is 132 Å². The second kappa shape index (κ2) is 18.9. The van der Waals surface area contributed by atoms with Crippen molar-refractivity contribution >= 4 is 84.7 Å². The largest absolute Gasteiger partial charge is 0.454 e. The SMILES string of the molecule is CC(C)(C)c1ccc(N(c2ccc(C(C)(C)C)cc2)c2cccc(N(c3ccc(C(C)(C)C)cc3)c3cc(N(c4ccc(C(C)(C)C)cc4)c4ccc(C(C)(C)C)cc4)c4oc5ccccc5c4c3)c2Cl)cc1. The summed E-state index contributed by atoms with van der Waals surface area (Å²) in [6, 6.07) is 64.3. The van der Waals surface area contributed by atoms with Gasteiger partial charge in [0.15, 0.2) is 5.58 Å². The van der Waals surface area contributed by atoms with Crippen molar-refractivity contribution in [2.75, 3.05) is 14.7 Å². The summed E-state index contributed by atoms with van der Waals surface area (Å²) in [6.07, 6.45) is 0. The predicted octanol–water partition coefficient (Wildman–Crippen LogP) is 21.1. The Morgan fingerprint density at radius 2 is 0.603 bits per heavy atom. The van der Waals surface area contributed by atoms with Gasteiger partial charge in [0.2, 0.25) is 0 Å². The van der Waals surface area contributed by atoms with Gasteiger partial charge in [0.1, 0.15) is 5.58 Å². The monoisotopic (exact) mass is 984 g/mol. The molecule has 9 rings (SSSR count). The molecule has 8 aromatic carbocycles. The van der Waals surface area contributed by atoms with Crippen LogP contribution in [-0.2, 0) is 27.1 Å². The summed E-state index contributed by atoms with van der Waals surface area (Å²) in [5.74, 6) is 0. The Kier molecular flexibility index (Phi) is 13.3. The molecule has 0 N–H and O–H groups in total. The highest BCUT2D eigenvalue weighted by Gasteiger charge is 2.29. The van der Waals surface area contributed by atoms with Crippen molar-refractivity contribution < 1.29 is 4.42 Å². The standard InChI is InChI=1S/C68H74ClN3O/c1-64(2,3)45-23-33-50(34-24-45)70(51-35-25-46(26-36-51)65(4,5)6)58-20-18-21-59(62(58)69)72(54-41-31-49(32-42-54)68(13,14)15)55-43-57-56-19-16-17-22-61(56)73-63(57)60(44-55)71(52-37-27-47(28-38-52)66(7,8)9)53-39-29-48(30-40-53)67(10,11)12/h16-44H,1-15H3. The molecule has 1 heterocycles. The first kappa shape index (κ1) is 51.2. The van der Waals surface area contributed by atoms with Gasteiger partial charge in [-0.2, -0.15) is 0 Å². The molecule has 0 aliphatic rings. The van der Waals surface area contributed by atoms with Crippen LogP contribution in [0.4, 0.5) is 51.2 Å². The lowest BCUT2D eigenvalue weighted by molar-refractivity contribution is 0.590. The minimum Gasteiger partial charge on any atom is -0.454 e. The Balaban J connectivity index is 1.32. The van der Waals surface area contributed by atoms with Gasteiger partial charge in [-0.3, -0.25) is 0 Å². The molecule has 5 heteroatoms. The van der Waals surface area contributed by atoms with Crippen LogP contribution in [0.5, 0.6) is 0 Å². The second-order valence-electron chi connectivity index (χ2n) is 25.0. The number of fused-ring (bicyclic) bond motifs is 3. The maximum atomic E-state index is 8.09. The van der Waals surface area contributed by atoms with Crippen molar-refractivity contribution in [2.24, 2.45) is 0 Å². The van der Waals surface area contributed by atoms with Crippen molar-refractivity contribution in [1.29, 1.82) is 0 Å². The van der Waals surface area contributed by atoms with E-state index in [-0.39, 0.29) is 27.1 Å². The molecule has 9 aromatic rings. The molecule has 374 valence electrons. The third-order valence-electron chi connectivity index (χ3n) is 14.3. The quantitative estimate of drug-likeness (QED) is 0.144. The van der Waals surface area contributed by atoms with Gasteiger partial charge in [0.05, 0.1) is 22.1 Å². The molecule has 0 atom stereocenters. The second-order valence-corrected chi connectivity index (χ2v) is 25.4. The van der Waals surface area contributed by atoms with Crippen molar-refractivity contribution in [3.8, 4) is 0 Å². The van der Waals surface area contributed by atoms with Gasteiger partial charge in [-0.15, -0.1) is 0 Å². The number of hydrogen-bond acceptors (Lipinski definition) is 4. The molecular formula is C68H74ClN3O. The van der Waals surface area contributed by atoms with E-state index in [0.29, 0.717) is 5.02 Å². The normalized spacial score (nSPS) is 12.7. The lowest BCUT2D eigenvalue weighted by Gasteiger charge is -2.33. The van der Waals surface area contributed by atoms with Gasteiger partial charge in [0.25, 0.3) is 0 Å². The molecule has 0 saturated carbocycles. The van der Waals surface area contributed by atoms with Crippen LogP contribution >= 0.6 is 11.6 Å². The van der Waals surface area contributed by atoms with Crippen molar-refractivity contribution in [3.63, 3.8) is 0 Å². The predicted molar refractivity (Wildman–Crippen MR) is 316 cm³/mol. The third-order valence-corrected chi connectivity index (χ3v) is 14.7. The van der Waals surface area contributed by atoms with E-state index in [9.17, 15) is 0 Å². The fourth-order valence-corrected chi connectivity index (χ4v) is 10.1. The number of anilines is 9. The van der Waals surface area contributed by atoms with Crippen LogP contribution in [-0.4, -0.2) is 0 Å². The first-order valence-electron chi connectivity index (χ1n) is 25.9. The zero-order valence-electron chi connectivity index (χ0n) is 45.9. The molecule has 0 fully saturated rings. The minimum absolute atomic E-state index is 0.0000777. The molecular weight excluding hydrogens is 910 g/mol. The number of furan rings is 1. The van der Waals surface area contributed by atoms with Crippen LogP contribution in [0.15, 0.2) is 180 Å². The summed E-state index contributed by atoms with van der Waals surface area (Å²) >= 11 is 8.09. The summed E-state index contributed by atoms with van der Waals surface area (Å²) in [4.78, 5) is 6.99. The van der Waals surface area contributed by atoms with E-state index in [1.165, 1.54) is 27.8 Å². The number of hydrogen-bond donors (Lipinski definition) is 0. The van der Waals surface area contributed by atoms with Crippen LogP contribution < -0.4 is 14.7 Å². The molecule has 0 aliphatic heterocycles. The van der Waals surface area contributed by atoms with E-state index in [1.54, 1.807) is 0 Å². The summed E-state index contributed by atoms with van der Waals surface area (Å²) < 4.78 is 7.00. The van der Waals surface area contributed by atoms with Gasteiger partial charge in [-0.1, -0.05) is 200 Å². The van der Waals surface area contributed by atoms with E-state index in [0.717, 1.165) is 73.1 Å². The summed E-state index contributed by atoms with van der Waals surface area (Å²) in [5, 5.41) is 2.67. The Hall–Kier alpha value is -6.75. The maximum absolute atomic E-state index is 8.09. The summed E-state index contributed by atoms with van der Waals surface area (Å²) in [7, 11) is 0. The van der Waals surface area contributed by atoms with Crippen molar-refractivity contribution in [2.45, 2.75) is 131 Å². The van der Waals surface area contributed by atoms with Crippen molar-refractivity contribution in [1.82, 2.24) is 0 Å². The van der Waals surface area contributed by atoms with Crippen LogP contribution in [0.3, 0.4) is 0 Å². The molecule has 1 aromatic heterocycles. The van der Waals surface area contributed by atoms with E-state index < -0.39 is 0 Å². The minimum atomic E-state index is -0.0418. The Bertz CT molecular complexity index is 3270. The number of para-hydroxylation sites is 1.